The molecule has 3 nitrogen and oxygen atoms in total. The lowest BCUT2D eigenvalue weighted by Crippen LogP contribution is -2.09. The Labute approximate surface area is 181 Å². The summed E-state index contributed by atoms with van der Waals surface area (Å²) in [5, 5.41) is 5.81. The highest BCUT2D eigenvalue weighted by Gasteiger charge is 2.31. The number of rotatable bonds is 7. The fraction of sp³-hybridized carbons (Fsp3) is 0.217. The molecule has 0 aliphatic heterocycles. The molecule has 3 rings (SSSR count). The van der Waals surface area contributed by atoms with E-state index in [2.05, 4.69) is 10.6 Å². The van der Waals surface area contributed by atoms with Gasteiger partial charge in [-0.3, -0.25) is 0 Å². The number of ether oxygens (including phenoxy) is 1. The molecule has 9 heteroatoms. The molecule has 170 valence electrons. The summed E-state index contributed by atoms with van der Waals surface area (Å²) in [7, 11) is 1.52. The fourth-order valence-corrected chi connectivity index (χ4v) is 3.00. The van der Waals surface area contributed by atoms with Crippen LogP contribution in [-0.2, 0) is 25.4 Å². The van der Waals surface area contributed by atoms with Crippen molar-refractivity contribution in [1.29, 1.82) is 0 Å². The average Bonchev–Trinajstić information content (AvgIpc) is 2.75. The summed E-state index contributed by atoms with van der Waals surface area (Å²) in [6.07, 6.45) is -9.01. The standard InChI is InChI=1S/C23H20F6N2O/c1-32-21-4-2-3-16(9-21)14-31-20-11-18(23(27,28)29)10-19(12-20)30-13-15-5-7-17(8-6-15)22(24,25)26/h2-12,30-31H,13-14H2,1H3. The second-order valence-electron chi connectivity index (χ2n) is 7.05. The zero-order chi connectivity index (χ0) is 23.4. The van der Waals surface area contributed by atoms with Crippen molar-refractivity contribution in [2.45, 2.75) is 25.4 Å². The molecule has 0 fully saturated rings. The molecule has 0 radical (unpaired) electrons. The summed E-state index contributed by atoms with van der Waals surface area (Å²) in [6, 6.07) is 15.0. The predicted octanol–water partition coefficient (Wildman–Crippen LogP) is 6.96. The highest BCUT2D eigenvalue weighted by molar-refractivity contribution is 5.60. The van der Waals surface area contributed by atoms with Gasteiger partial charge in [0, 0.05) is 24.5 Å². The Morgan fingerprint density at radius 1 is 0.656 bits per heavy atom. The molecule has 0 atom stereocenters. The van der Waals surface area contributed by atoms with E-state index in [4.69, 9.17) is 4.74 Å². The van der Waals surface area contributed by atoms with Crippen molar-refractivity contribution in [3.63, 3.8) is 0 Å². The number of nitrogens with one attached hydrogen (secondary N) is 2. The second kappa shape index (κ2) is 9.42. The Kier molecular flexibility index (Phi) is 6.86. The van der Waals surface area contributed by atoms with Crippen molar-refractivity contribution < 1.29 is 31.1 Å². The van der Waals surface area contributed by atoms with Crippen LogP contribution in [0, 0.1) is 0 Å². The summed E-state index contributed by atoms with van der Waals surface area (Å²) in [4.78, 5) is 0. The van der Waals surface area contributed by atoms with Crippen LogP contribution in [-0.4, -0.2) is 7.11 Å². The van der Waals surface area contributed by atoms with E-state index in [9.17, 15) is 26.3 Å². The first-order valence-corrected chi connectivity index (χ1v) is 9.54. The first-order valence-electron chi connectivity index (χ1n) is 9.54. The first kappa shape index (κ1) is 23.3. The van der Waals surface area contributed by atoms with Crippen LogP contribution in [0.4, 0.5) is 37.7 Å². The zero-order valence-corrected chi connectivity index (χ0v) is 16.9. The third-order valence-corrected chi connectivity index (χ3v) is 4.67. The van der Waals surface area contributed by atoms with E-state index in [0.29, 0.717) is 11.3 Å². The molecule has 3 aromatic carbocycles. The van der Waals surface area contributed by atoms with E-state index >= 15 is 0 Å². The maximum Gasteiger partial charge on any atom is 0.416 e. The van der Waals surface area contributed by atoms with Gasteiger partial charge in [0.25, 0.3) is 0 Å². The highest BCUT2D eigenvalue weighted by atomic mass is 19.4. The molecule has 0 heterocycles. The number of halogens is 6. The minimum absolute atomic E-state index is 0.0643. The smallest absolute Gasteiger partial charge is 0.416 e. The first-order chi connectivity index (χ1) is 15.0. The fourth-order valence-electron chi connectivity index (χ4n) is 3.00. The van der Waals surface area contributed by atoms with E-state index in [0.717, 1.165) is 29.8 Å². The van der Waals surface area contributed by atoms with Gasteiger partial charge in [0.2, 0.25) is 0 Å². The second-order valence-corrected chi connectivity index (χ2v) is 7.05. The van der Waals surface area contributed by atoms with Gasteiger partial charge < -0.3 is 15.4 Å². The predicted molar refractivity (Wildman–Crippen MR) is 111 cm³/mol. The molecule has 0 aromatic heterocycles. The van der Waals surface area contributed by atoms with Crippen molar-refractivity contribution in [1.82, 2.24) is 0 Å². The van der Waals surface area contributed by atoms with Gasteiger partial charge in [-0.15, -0.1) is 0 Å². The summed E-state index contributed by atoms with van der Waals surface area (Å²) >= 11 is 0. The number of alkyl halides is 6. The van der Waals surface area contributed by atoms with Crippen molar-refractivity contribution in [2.75, 3.05) is 17.7 Å². The molecule has 0 saturated heterocycles. The Balaban J connectivity index is 1.75. The van der Waals surface area contributed by atoms with Crippen LogP contribution in [0.25, 0.3) is 0 Å². The van der Waals surface area contributed by atoms with E-state index in [1.54, 1.807) is 18.2 Å². The Morgan fingerprint density at radius 2 is 1.22 bits per heavy atom. The van der Waals surface area contributed by atoms with E-state index in [1.807, 2.05) is 6.07 Å². The molecule has 0 bridgehead atoms. The third kappa shape index (κ3) is 6.32. The summed E-state index contributed by atoms with van der Waals surface area (Å²) in [5.74, 6) is 0.632. The molecule has 0 aliphatic carbocycles. The van der Waals surface area contributed by atoms with Gasteiger partial charge in [0.1, 0.15) is 5.75 Å². The van der Waals surface area contributed by atoms with Crippen molar-refractivity contribution >= 4 is 11.4 Å². The minimum atomic E-state index is -4.56. The molecule has 0 spiro atoms. The normalized spacial score (nSPS) is 11.8. The average molecular weight is 454 g/mol. The van der Waals surface area contributed by atoms with Gasteiger partial charge >= 0.3 is 12.4 Å². The Morgan fingerprint density at radius 3 is 1.75 bits per heavy atom. The Hall–Kier alpha value is -3.36. The van der Waals surface area contributed by atoms with Crippen LogP contribution in [0.5, 0.6) is 5.75 Å². The molecule has 0 saturated carbocycles. The lowest BCUT2D eigenvalue weighted by atomic mass is 10.1. The van der Waals surface area contributed by atoms with Gasteiger partial charge in [-0.05, 0) is 53.6 Å². The van der Waals surface area contributed by atoms with Crippen LogP contribution in [0.3, 0.4) is 0 Å². The van der Waals surface area contributed by atoms with Crippen LogP contribution in [0.1, 0.15) is 22.3 Å². The largest absolute Gasteiger partial charge is 0.497 e. The van der Waals surface area contributed by atoms with Crippen LogP contribution in [0.15, 0.2) is 66.7 Å². The summed E-state index contributed by atoms with van der Waals surface area (Å²) < 4.78 is 83.2. The molecule has 32 heavy (non-hydrogen) atoms. The monoisotopic (exact) mass is 454 g/mol. The van der Waals surface area contributed by atoms with Crippen molar-refractivity contribution in [3.05, 3.63) is 89.0 Å². The molecule has 0 amide bonds. The summed E-state index contributed by atoms with van der Waals surface area (Å²) in [5.41, 5.74) is 0.125. The SMILES string of the molecule is COc1cccc(CNc2cc(NCc3ccc(C(F)(F)F)cc3)cc(C(F)(F)F)c2)c1. The van der Waals surface area contributed by atoms with Crippen LogP contribution < -0.4 is 15.4 Å². The number of hydrogen-bond acceptors (Lipinski definition) is 3. The molecular weight excluding hydrogens is 434 g/mol. The topological polar surface area (TPSA) is 33.3 Å². The highest BCUT2D eigenvalue weighted by Crippen LogP contribution is 2.34. The van der Waals surface area contributed by atoms with E-state index in [1.165, 1.54) is 25.3 Å². The van der Waals surface area contributed by atoms with Gasteiger partial charge in [0.15, 0.2) is 0 Å². The summed E-state index contributed by atoms with van der Waals surface area (Å²) in [6.45, 7) is 0.339. The minimum Gasteiger partial charge on any atom is -0.497 e. The van der Waals surface area contributed by atoms with E-state index < -0.39 is 23.5 Å². The van der Waals surface area contributed by atoms with Gasteiger partial charge in [-0.2, -0.15) is 26.3 Å². The van der Waals surface area contributed by atoms with Crippen molar-refractivity contribution in [3.8, 4) is 5.75 Å². The van der Waals surface area contributed by atoms with Gasteiger partial charge in [-0.1, -0.05) is 24.3 Å². The molecule has 2 N–H and O–H groups in total. The van der Waals surface area contributed by atoms with Crippen molar-refractivity contribution in [2.24, 2.45) is 0 Å². The number of benzene rings is 3. The molecule has 3 aromatic rings. The van der Waals surface area contributed by atoms with Crippen LogP contribution >= 0.6 is 0 Å². The number of anilines is 2. The zero-order valence-electron chi connectivity index (χ0n) is 16.9. The number of methoxy groups -OCH3 is 1. The quantitative estimate of drug-likeness (QED) is 0.379. The third-order valence-electron chi connectivity index (χ3n) is 4.67. The molecule has 0 aliphatic rings. The number of hydrogen-bond donors (Lipinski definition) is 2. The Bertz CT molecular complexity index is 1050. The molecule has 0 unspecified atom stereocenters. The van der Waals surface area contributed by atoms with Gasteiger partial charge in [0.05, 0.1) is 18.2 Å². The lowest BCUT2D eigenvalue weighted by Gasteiger charge is -2.15. The van der Waals surface area contributed by atoms with Gasteiger partial charge in [-0.25, -0.2) is 0 Å². The van der Waals surface area contributed by atoms with Crippen LogP contribution in [0.2, 0.25) is 0 Å². The lowest BCUT2D eigenvalue weighted by molar-refractivity contribution is -0.138. The van der Waals surface area contributed by atoms with E-state index in [-0.39, 0.29) is 24.5 Å². The maximum absolute atomic E-state index is 13.4. The maximum atomic E-state index is 13.4. The molecular formula is C23H20F6N2O.